The number of halogens is 1. The molecule has 0 aliphatic heterocycles. The molecular formula is C26H40BrNO6. The number of hydrogen-bond acceptors (Lipinski definition) is 6. The highest BCUT2D eigenvalue weighted by molar-refractivity contribution is 9.10. The zero-order chi connectivity index (χ0) is 25.7. The fraction of sp³-hybridized carbons (Fsp3) is 0.731. The van der Waals surface area contributed by atoms with Gasteiger partial charge in [-0.15, -0.1) is 0 Å². The number of esters is 2. The van der Waals surface area contributed by atoms with Crippen molar-refractivity contribution >= 4 is 34.0 Å². The number of methoxy groups -OCH3 is 2. The summed E-state index contributed by atoms with van der Waals surface area (Å²) < 4.78 is 18.2. The van der Waals surface area contributed by atoms with Gasteiger partial charge < -0.3 is 14.2 Å². The van der Waals surface area contributed by atoms with Gasteiger partial charge in [-0.1, -0.05) is 46.0 Å². The van der Waals surface area contributed by atoms with Crippen LogP contribution < -0.4 is 0 Å². The SMILES string of the molecule is COC(=O)C1(C(=O)OC)CCCCCCCCc2cc(c(Br)n2C(=O)OC(C)(C)C)C1C(C)C. The molecule has 1 aromatic heterocycles. The third kappa shape index (κ3) is 6.04. The fourth-order valence-corrected chi connectivity index (χ4v) is 5.87. The number of fused-ring (bicyclic) bond motifs is 2. The Morgan fingerprint density at radius 2 is 1.53 bits per heavy atom. The topological polar surface area (TPSA) is 83.8 Å². The highest BCUT2D eigenvalue weighted by Gasteiger charge is 2.56. The van der Waals surface area contributed by atoms with E-state index in [1.165, 1.54) is 14.2 Å². The first kappa shape index (κ1) is 28.4. The van der Waals surface area contributed by atoms with E-state index in [1.54, 1.807) is 4.57 Å². The van der Waals surface area contributed by atoms with Crippen LogP contribution in [0.4, 0.5) is 4.79 Å². The van der Waals surface area contributed by atoms with Crippen LogP contribution in [0.1, 0.15) is 96.7 Å². The standard InChI is InChI=1S/C26H40BrNO6/c1-17(2)20-19-16-18(28(21(19)27)24(31)34-25(3,4)5)14-12-10-8-9-11-13-15-26(20,22(29)32-6)23(30)33-7/h16-17,20H,8-15H2,1-7H3. The van der Waals surface area contributed by atoms with Crippen LogP contribution in [0.25, 0.3) is 0 Å². The summed E-state index contributed by atoms with van der Waals surface area (Å²) in [6.45, 7) is 9.42. The van der Waals surface area contributed by atoms with E-state index in [9.17, 15) is 14.4 Å². The number of carbonyl (C=O) groups excluding carboxylic acids is 3. The molecule has 8 heteroatoms. The molecule has 0 spiro atoms. The largest absolute Gasteiger partial charge is 0.468 e. The fourth-order valence-electron chi connectivity index (χ4n) is 5.14. The molecule has 2 bridgehead atoms. The summed E-state index contributed by atoms with van der Waals surface area (Å²) in [7, 11) is 2.61. The highest BCUT2D eigenvalue weighted by atomic mass is 79.9. The van der Waals surface area contributed by atoms with E-state index in [-0.39, 0.29) is 5.92 Å². The minimum absolute atomic E-state index is 0.123. The van der Waals surface area contributed by atoms with E-state index in [2.05, 4.69) is 15.9 Å². The first-order valence-electron chi connectivity index (χ1n) is 12.2. The van der Waals surface area contributed by atoms with E-state index in [0.29, 0.717) is 29.4 Å². The predicted octanol–water partition coefficient (Wildman–Crippen LogP) is 6.39. The third-order valence-electron chi connectivity index (χ3n) is 6.51. The molecule has 1 unspecified atom stereocenters. The van der Waals surface area contributed by atoms with Crippen LogP contribution in [0.15, 0.2) is 10.7 Å². The minimum Gasteiger partial charge on any atom is -0.468 e. The molecule has 192 valence electrons. The molecule has 1 aromatic rings. The number of aromatic nitrogens is 1. The molecule has 0 radical (unpaired) electrons. The Morgan fingerprint density at radius 3 is 2.03 bits per heavy atom. The minimum atomic E-state index is -1.52. The number of aryl methyl sites for hydroxylation is 1. The van der Waals surface area contributed by atoms with Crippen molar-refractivity contribution in [2.24, 2.45) is 11.3 Å². The molecule has 2 rings (SSSR count). The van der Waals surface area contributed by atoms with Crippen molar-refractivity contribution < 1.29 is 28.6 Å². The van der Waals surface area contributed by atoms with E-state index < -0.39 is 35.0 Å². The lowest BCUT2D eigenvalue weighted by molar-refractivity contribution is -0.173. The molecule has 0 N–H and O–H groups in total. The molecular weight excluding hydrogens is 502 g/mol. The monoisotopic (exact) mass is 541 g/mol. The van der Waals surface area contributed by atoms with Crippen molar-refractivity contribution in [3.63, 3.8) is 0 Å². The lowest BCUT2D eigenvalue weighted by Gasteiger charge is -2.38. The second kappa shape index (κ2) is 11.7. The first-order valence-corrected chi connectivity index (χ1v) is 13.0. The van der Waals surface area contributed by atoms with Gasteiger partial charge in [-0.2, -0.15) is 0 Å². The maximum absolute atomic E-state index is 13.4. The Morgan fingerprint density at radius 1 is 1.00 bits per heavy atom. The molecule has 0 aromatic carbocycles. The Kier molecular flexibility index (Phi) is 9.80. The smallest absolute Gasteiger partial charge is 0.419 e. The summed E-state index contributed by atoms with van der Waals surface area (Å²) in [4.78, 5) is 40.0. The van der Waals surface area contributed by atoms with E-state index in [0.717, 1.165) is 37.8 Å². The van der Waals surface area contributed by atoms with Gasteiger partial charge in [0.25, 0.3) is 0 Å². The quantitative estimate of drug-likeness (QED) is 0.250. The van der Waals surface area contributed by atoms with Crippen LogP contribution in [-0.4, -0.2) is 42.4 Å². The average molecular weight is 543 g/mol. The van der Waals surface area contributed by atoms with Crippen molar-refractivity contribution in [2.45, 2.75) is 97.5 Å². The maximum atomic E-state index is 13.4. The number of ether oxygens (including phenoxy) is 3. The molecule has 1 heterocycles. The van der Waals surface area contributed by atoms with Gasteiger partial charge >= 0.3 is 18.0 Å². The molecule has 1 atom stereocenters. The summed E-state index contributed by atoms with van der Waals surface area (Å²) >= 11 is 3.65. The Labute approximate surface area is 212 Å². The van der Waals surface area contributed by atoms with Crippen molar-refractivity contribution in [3.8, 4) is 0 Å². The lowest BCUT2D eigenvalue weighted by atomic mass is 9.64. The van der Waals surface area contributed by atoms with Crippen LogP contribution >= 0.6 is 15.9 Å². The molecule has 34 heavy (non-hydrogen) atoms. The zero-order valence-electron chi connectivity index (χ0n) is 21.7. The molecule has 1 aliphatic carbocycles. The second-order valence-corrected chi connectivity index (χ2v) is 11.2. The summed E-state index contributed by atoms with van der Waals surface area (Å²) in [5.74, 6) is -1.90. The van der Waals surface area contributed by atoms with Crippen molar-refractivity contribution in [1.82, 2.24) is 4.57 Å². The van der Waals surface area contributed by atoms with E-state index in [4.69, 9.17) is 14.2 Å². The summed E-state index contributed by atoms with van der Waals surface area (Å²) in [6, 6.07) is 1.94. The van der Waals surface area contributed by atoms with Gasteiger partial charge in [0.1, 0.15) is 5.60 Å². The summed E-state index contributed by atoms with van der Waals surface area (Å²) in [5, 5.41) is 0. The molecule has 0 amide bonds. The van der Waals surface area contributed by atoms with Crippen LogP contribution in [0, 0.1) is 11.3 Å². The van der Waals surface area contributed by atoms with Crippen molar-refractivity contribution in [1.29, 1.82) is 0 Å². The van der Waals surface area contributed by atoms with Crippen molar-refractivity contribution in [2.75, 3.05) is 14.2 Å². The molecule has 0 saturated heterocycles. The molecule has 1 aliphatic rings. The number of rotatable bonds is 3. The van der Waals surface area contributed by atoms with Crippen LogP contribution in [-0.2, 0) is 30.2 Å². The van der Waals surface area contributed by atoms with Gasteiger partial charge in [-0.25, -0.2) is 9.36 Å². The van der Waals surface area contributed by atoms with Crippen LogP contribution in [0.3, 0.4) is 0 Å². The van der Waals surface area contributed by atoms with Gasteiger partial charge in [0.15, 0.2) is 5.41 Å². The van der Waals surface area contributed by atoms with Gasteiger partial charge in [0.2, 0.25) is 0 Å². The molecule has 0 saturated carbocycles. The predicted molar refractivity (Wildman–Crippen MR) is 134 cm³/mol. The summed E-state index contributed by atoms with van der Waals surface area (Å²) in [5.41, 5.74) is -0.681. The normalized spacial score (nSPS) is 19.4. The number of carbonyl (C=O) groups is 3. The second-order valence-electron chi connectivity index (χ2n) is 10.5. The Balaban J connectivity index is 2.81. The number of hydrogen-bond donors (Lipinski definition) is 0. The van der Waals surface area contributed by atoms with E-state index in [1.807, 2.05) is 40.7 Å². The zero-order valence-corrected chi connectivity index (χ0v) is 23.2. The van der Waals surface area contributed by atoms with Crippen LogP contribution in [0.5, 0.6) is 0 Å². The van der Waals surface area contributed by atoms with Gasteiger partial charge in [0.05, 0.1) is 18.8 Å². The number of nitrogens with zero attached hydrogens (tertiary/aromatic N) is 1. The first-order chi connectivity index (χ1) is 15.9. The third-order valence-corrected chi connectivity index (χ3v) is 7.32. The van der Waals surface area contributed by atoms with Gasteiger partial charge in [0, 0.05) is 11.6 Å². The Hall–Kier alpha value is -1.83. The summed E-state index contributed by atoms with van der Waals surface area (Å²) in [6.07, 6.45) is 6.18. The Bertz CT molecular complexity index is 867. The molecule has 0 fully saturated rings. The van der Waals surface area contributed by atoms with E-state index >= 15 is 0 Å². The average Bonchev–Trinajstić information content (AvgIpc) is 3.07. The van der Waals surface area contributed by atoms with Crippen molar-refractivity contribution in [3.05, 3.63) is 21.9 Å². The maximum Gasteiger partial charge on any atom is 0.419 e. The van der Waals surface area contributed by atoms with Gasteiger partial charge in [-0.05, 0) is 73.5 Å². The highest BCUT2D eigenvalue weighted by Crippen LogP contribution is 2.50. The molecule has 7 nitrogen and oxygen atoms in total. The van der Waals surface area contributed by atoms with Crippen LogP contribution in [0.2, 0.25) is 0 Å². The van der Waals surface area contributed by atoms with Gasteiger partial charge in [-0.3, -0.25) is 9.59 Å². The lowest BCUT2D eigenvalue weighted by Crippen LogP contribution is -2.48.